The third kappa shape index (κ3) is 4.82. The maximum Gasteiger partial charge on any atom is 0.0345 e. The first-order valence-electron chi connectivity index (χ1n) is 8.01. The van der Waals surface area contributed by atoms with Crippen molar-refractivity contribution < 1.29 is 0 Å². The molecule has 0 radical (unpaired) electrons. The summed E-state index contributed by atoms with van der Waals surface area (Å²) in [5.74, 6) is 0.757. The van der Waals surface area contributed by atoms with Crippen LogP contribution in [0, 0.1) is 11.3 Å². The summed E-state index contributed by atoms with van der Waals surface area (Å²) in [6.45, 7) is 9.40. The molecule has 2 heteroatoms. The van der Waals surface area contributed by atoms with Crippen LogP contribution in [0.4, 0.5) is 0 Å². The van der Waals surface area contributed by atoms with E-state index in [4.69, 9.17) is 0 Å². The number of thiophene rings is 1. The highest BCUT2D eigenvalue weighted by molar-refractivity contribution is 7.17. The van der Waals surface area contributed by atoms with Gasteiger partial charge in [-0.15, -0.1) is 11.3 Å². The van der Waals surface area contributed by atoms with E-state index in [9.17, 15) is 0 Å². The summed E-state index contributed by atoms with van der Waals surface area (Å²) in [7, 11) is 2.10. The summed E-state index contributed by atoms with van der Waals surface area (Å²) in [6.07, 6.45) is 3.67. The van der Waals surface area contributed by atoms with Crippen LogP contribution in [0.5, 0.6) is 0 Å². The van der Waals surface area contributed by atoms with Crippen molar-refractivity contribution in [2.75, 3.05) is 7.05 Å². The zero-order chi connectivity index (χ0) is 15.5. The van der Waals surface area contributed by atoms with Gasteiger partial charge < -0.3 is 5.32 Å². The van der Waals surface area contributed by atoms with Crippen molar-refractivity contribution >= 4 is 21.4 Å². The number of hydrogen-bond acceptors (Lipinski definition) is 2. The van der Waals surface area contributed by atoms with Gasteiger partial charge in [0.15, 0.2) is 0 Å². The molecule has 0 aliphatic rings. The maximum absolute atomic E-state index is 3.53. The highest BCUT2D eigenvalue weighted by Gasteiger charge is 2.19. The SMILES string of the molecule is CNC(Cc1csc2ccccc12)CC(C)CC(C)(C)C. The van der Waals surface area contributed by atoms with Gasteiger partial charge in [-0.3, -0.25) is 0 Å². The van der Waals surface area contributed by atoms with Gasteiger partial charge in [-0.2, -0.15) is 0 Å². The summed E-state index contributed by atoms with van der Waals surface area (Å²) in [5, 5.41) is 7.30. The molecule has 2 atom stereocenters. The zero-order valence-corrected chi connectivity index (χ0v) is 14.9. The predicted octanol–water partition coefficient (Wildman–Crippen LogP) is 5.49. The van der Waals surface area contributed by atoms with Crippen LogP contribution >= 0.6 is 11.3 Å². The molecule has 0 aliphatic heterocycles. The van der Waals surface area contributed by atoms with Gasteiger partial charge in [0.2, 0.25) is 0 Å². The Bertz CT molecular complexity index is 564. The molecule has 1 aromatic heterocycles. The second-order valence-corrected chi connectivity index (χ2v) is 8.46. The molecule has 0 aliphatic carbocycles. The van der Waals surface area contributed by atoms with Crippen LogP contribution in [0.2, 0.25) is 0 Å². The quantitative estimate of drug-likeness (QED) is 0.743. The molecule has 1 nitrogen and oxygen atoms in total. The molecule has 0 spiro atoms. The fourth-order valence-electron chi connectivity index (χ4n) is 3.37. The molecule has 0 saturated carbocycles. The van der Waals surface area contributed by atoms with E-state index >= 15 is 0 Å². The normalized spacial score (nSPS) is 15.3. The minimum absolute atomic E-state index is 0.423. The molecule has 1 heterocycles. The Morgan fingerprint density at radius 3 is 2.57 bits per heavy atom. The number of nitrogens with one attached hydrogen (secondary N) is 1. The van der Waals surface area contributed by atoms with E-state index in [2.05, 4.69) is 69.7 Å². The molecular weight excluding hydrogens is 274 g/mol. The largest absolute Gasteiger partial charge is 0.317 e. The van der Waals surface area contributed by atoms with Gasteiger partial charge in [0.25, 0.3) is 0 Å². The van der Waals surface area contributed by atoms with E-state index in [1.807, 2.05) is 11.3 Å². The van der Waals surface area contributed by atoms with Crippen molar-refractivity contribution in [1.82, 2.24) is 5.32 Å². The van der Waals surface area contributed by atoms with Gasteiger partial charge in [-0.1, -0.05) is 45.9 Å². The summed E-state index contributed by atoms with van der Waals surface area (Å²) in [6, 6.07) is 9.33. The molecule has 2 rings (SSSR count). The minimum atomic E-state index is 0.423. The Labute approximate surface area is 133 Å². The monoisotopic (exact) mass is 303 g/mol. The lowest BCUT2D eigenvalue weighted by Crippen LogP contribution is -2.30. The topological polar surface area (TPSA) is 12.0 Å². The van der Waals surface area contributed by atoms with Crippen molar-refractivity contribution in [3.8, 4) is 0 Å². The third-order valence-electron chi connectivity index (χ3n) is 4.08. The average molecular weight is 304 g/mol. The van der Waals surface area contributed by atoms with Crippen molar-refractivity contribution in [3.63, 3.8) is 0 Å². The second-order valence-electron chi connectivity index (χ2n) is 7.55. The van der Waals surface area contributed by atoms with Crippen LogP contribution in [-0.4, -0.2) is 13.1 Å². The Kier molecular flexibility index (Phi) is 5.45. The van der Waals surface area contributed by atoms with Crippen molar-refractivity contribution in [2.24, 2.45) is 11.3 Å². The number of hydrogen-bond donors (Lipinski definition) is 1. The van der Waals surface area contributed by atoms with Gasteiger partial charge in [0, 0.05) is 10.7 Å². The standard InChI is InChI=1S/C19H29NS/c1-14(12-19(2,3)4)10-16(20-5)11-15-13-21-18-9-7-6-8-17(15)18/h6-9,13-14,16,20H,10-12H2,1-5H3. The third-order valence-corrected chi connectivity index (χ3v) is 5.10. The van der Waals surface area contributed by atoms with Crippen LogP contribution in [0.15, 0.2) is 29.6 Å². The Morgan fingerprint density at radius 1 is 1.19 bits per heavy atom. The smallest absolute Gasteiger partial charge is 0.0345 e. The molecule has 1 N–H and O–H groups in total. The number of fused-ring (bicyclic) bond motifs is 1. The fourth-order valence-corrected chi connectivity index (χ4v) is 4.35. The number of rotatable bonds is 6. The van der Waals surface area contributed by atoms with E-state index in [-0.39, 0.29) is 0 Å². The second kappa shape index (κ2) is 6.93. The van der Waals surface area contributed by atoms with E-state index < -0.39 is 0 Å². The zero-order valence-electron chi connectivity index (χ0n) is 14.1. The summed E-state index contributed by atoms with van der Waals surface area (Å²) in [4.78, 5) is 0. The number of benzene rings is 1. The number of likely N-dealkylation sites (N-methyl/N-ethyl adjacent to an activating group) is 1. The molecule has 2 unspecified atom stereocenters. The fraction of sp³-hybridized carbons (Fsp3) is 0.579. The molecule has 0 bridgehead atoms. The Hall–Kier alpha value is -0.860. The van der Waals surface area contributed by atoms with E-state index in [1.165, 1.54) is 28.5 Å². The predicted molar refractivity (Wildman–Crippen MR) is 96.2 cm³/mol. The van der Waals surface area contributed by atoms with Crippen LogP contribution < -0.4 is 5.32 Å². The van der Waals surface area contributed by atoms with Gasteiger partial charge >= 0.3 is 0 Å². The summed E-state index contributed by atoms with van der Waals surface area (Å²) >= 11 is 1.87. The highest BCUT2D eigenvalue weighted by Crippen LogP contribution is 2.30. The lowest BCUT2D eigenvalue weighted by Gasteiger charge is -2.26. The molecule has 1 aromatic carbocycles. The van der Waals surface area contributed by atoms with E-state index in [1.54, 1.807) is 0 Å². The molecule has 0 amide bonds. The molecular formula is C19H29NS. The van der Waals surface area contributed by atoms with Crippen LogP contribution in [0.1, 0.15) is 46.1 Å². The van der Waals surface area contributed by atoms with E-state index in [0.29, 0.717) is 11.5 Å². The molecule has 0 saturated heterocycles. The van der Waals surface area contributed by atoms with Crippen LogP contribution in [0.3, 0.4) is 0 Å². The van der Waals surface area contributed by atoms with E-state index in [0.717, 1.165) is 12.3 Å². The summed E-state index contributed by atoms with van der Waals surface area (Å²) in [5.41, 5.74) is 1.92. The van der Waals surface area contributed by atoms with Crippen molar-refractivity contribution in [2.45, 2.75) is 53.0 Å². The van der Waals surface area contributed by atoms with Crippen molar-refractivity contribution in [1.29, 1.82) is 0 Å². The molecule has 2 aromatic rings. The van der Waals surface area contributed by atoms with Gasteiger partial charge in [0.05, 0.1) is 0 Å². The first-order chi connectivity index (χ1) is 9.89. The van der Waals surface area contributed by atoms with Crippen molar-refractivity contribution in [3.05, 3.63) is 35.2 Å². The lowest BCUT2D eigenvalue weighted by atomic mass is 9.82. The van der Waals surface area contributed by atoms with Gasteiger partial charge in [0.1, 0.15) is 0 Å². The molecule has 116 valence electrons. The molecule has 0 fully saturated rings. The highest BCUT2D eigenvalue weighted by atomic mass is 32.1. The lowest BCUT2D eigenvalue weighted by molar-refractivity contribution is 0.277. The Balaban J connectivity index is 2.02. The average Bonchev–Trinajstić information content (AvgIpc) is 2.79. The molecule has 21 heavy (non-hydrogen) atoms. The first kappa shape index (κ1) is 16.5. The first-order valence-corrected chi connectivity index (χ1v) is 8.89. The van der Waals surface area contributed by atoms with Gasteiger partial charge in [-0.05, 0) is 60.0 Å². The maximum atomic E-state index is 3.53. The Morgan fingerprint density at radius 2 is 1.90 bits per heavy atom. The minimum Gasteiger partial charge on any atom is -0.317 e. The van der Waals surface area contributed by atoms with Crippen LogP contribution in [-0.2, 0) is 6.42 Å². The van der Waals surface area contributed by atoms with Crippen LogP contribution in [0.25, 0.3) is 10.1 Å². The summed E-state index contributed by atoms with van der Waals surface area (Å²) < 4.78 is 1.41. The van der Waals surface area contributed by atoms with Gasteiger partial charge in [-0.25, -0.2) is 0 Å².